The van der Waals surface area contributed by atoms with Gasteiger partial charge in [0.2, 0.25) is 0 Å². The number of fused-ring (bicyclic) bond motifs is 1. The minimum absolute atomic E-state index is 0.171. The molecule has 4 rings (SSSR count). The van der Waals surface area contributed by atoms with Gasteiger partial charge in [0.05, 0.1) is 25.8 Å². The lowest BCUT2D eigenvalue weighted by Crippen LogP contribution is -2.29. The summed E-state index contributed by atoms with van der Waals surface area (Å²) in [5, 5.41) is 0. The van der Waals surface area contributed by atoms with Gasteiger partial charge in [0, 0.05) is 37.1 Å². The number of ether oxygens (including phenoxy) is 2. The summed E-state index contributed by atoms with van der Waals surface area (Å²) in [5.74, 6) is 1.49. The Bertz CT molecular complexity index is 1030. The van der Waals surface area contributed by atoms with Gasteiger partial charge in [-0.15, -0.1) is 0 Å². The number of nitrogens with zero attached hydrogens (tertiary/aromatic N) is 2. The Hall–Kier alpha value is -2.93. The summed E-state index contributed by atoms with van der Waals surface area (Å²) in [5.41, 5.74) is 2.23. The summed E-state index contributed by atoms with van der Waals surface area (Å²) < 4.78 is 52.4. The fourth-order valence-electron chi connectivity index (χ4n) is 4.27. The molecule has 3 aromatic rings. The topological polar surface area (TPSA) is 26.6 Å². The van der Waals surface area contributed by atoms with Crippen LogP contribution in [0.25, 0.3) is 0 Å². The molecule has 0 radical (unpaired) electrons. The van der Waals surface area contributed by atoms with Crippen molar-refractivity contribution < 1.29 is 22.6 Å². The molecule has 0 fully saturated rings. The molecule has 4 nitrogen and oxygen atoms in total. The summed E-state index contributed by atoms with van der Waals surface area (Å²) in [4.78, 5) is 2.29. The first kappa shape index (κ1) is 21.3. The van der Waals surface area contributed by atoms with E-state index in [1.54, 1.807) is 26.4 Å². The number of rotatable bonds is 5. The van der Waals surface area contributed by atoms with E-state index in [0.29, 0.717) is 6.54 Å². The van der Waals surface area contributed by atoms with Crippen molar-refractivity contribution in [3.8, 4) is 11.5 Å². The van der Waals surface area contributed by atoms with Gasteiger partial charge in [-0.25, -0.2) is 0 Å². The molecule has 0 saturated carbocycles. The number of benzene rings is 2. The SMILES string of the molecule is COc1ccc(OC)c(CN2CCCn3cccc3C2c2ccc(C(F)(F)F)cc2)c1. The zero-order valence-corrected chi connectivity index (χ0v) is 17.5. The summed E-state index contributed by atoms with van der Waals surface area (Å²) in [6, 6.07) is 15.0. The molecule has 164 valence electrons. The molecule has 1 aliphatic heterocycles. The maximum atomic E-state index is 13.1. The van der Waals surface area contributed by atoms with Crippen molar-refractivity contribution in [2.75, 3.05) is 20.8 Å². The highest BCUT2D eigenvalue weighted by molar-refractivity contribution is 5.41. The number of aromatic nitrogens is 1. The first-order valence-electron chi connectivity index (χ1n) is 10.2. The maximum absolute atomic E-state index is 13.1. The Morgan fingerprint density at radius 3 is 2.42 bits per heavy atom. The predicted molar refractivity (Wildman–Crippen MR) is 112 cm³/mol. The highest BCUT2D eigenvalue weighted by Crippen LogP contribution is 2.37. The highest BCUT2D eigenvalue weighted by Gasteiger charge is 2.32. The number of halogens is 3. The van der Waals surface area contributed by atoms with E-state index in [1.807, 2.05) is 36.5 Å². The normalized spacial score (nSPS) is 17.1. The molecule has 0 N–H and O–H groups in total. The Morgan fingerprint density at radius 1 is 0.968 bits per heavy atom. The maximum Gasteiger partial charge on any atom is 0.416 e. The molecule has 7 heteroatoms. The quantitative estimate of drug-likeness (QED) is 0.533. The van der Waals surface area contributed by atoms with E-state index in [4.69, 9.17) is 9.47 Å². The van der Waals surface area contributed by atoms with E-state index in [1.165, 1.54) is 0 Å². The summed E-state index contributed by atoms with van der Waals surface area (Å²) >= 11 is 0. The molecule has 0 aliphatic carbocycles. The van der Waals surface area contributed by atoms with Gasteiger partial charge in [0.15, 0.2) is 0 Å². The molecule has 0 bridgehead atoms. The van der Waals surface area contributed by atoms with Crippen molar-refractivity contribution in [2.24, 2.45) is 0 Å². The van der Waals surface area contributed by atoms with E-state index in [9.17, 15) is 13.2 Å². The average molecular weight is 430 g/mol. The smallest absolute Gasteiger partial charge is 0.416 e. The summed E-state index contributed by atoms with van der Waals surface area (Å²) in [7, 11) is 3.25. The van der Waals surface area contributed by atoms with Crippen molar-refractivity contribution >= 4 is 0 Å². The van der Waals surface area contributed by atoms with Gasteiger partial charge < -0.3 is 14.0 Å². The second kappa shape index (κ2) is 8.67. The molecular formula is C24H25F3N2O2. The van der Waals surface area contributed by atoms with Crippen LogP contribution in [0.2, 0.25) is 0 Å². The fourth-order valence-corrected chi connectivity index (χ4v) is 4.27. The third kappa shape index (κ3) is 4.42. The molecule has 1 aromatic heterocycles. The lowest BCUT2D eigenvalue weighted by molar-refractivity contribution is -0.137. The van der Waals surface area contributed by atoms with Gasteiger partial charge in [-0.1, -0.05) is 12.1 Å². The van der Waals surface area contributed by atoms with Crippen molar-refractivity contribution in [3.05, 3.63) is 83.2 Å². The predicted octanol–water partition coefficient (Wildman–Crippen LogP) is 5.52. The van der Waals surface area contributed by atoms with Crippen LogP contribution < -0.4 is 9.47 Å². The van der Waals surface area contributed by atoms with Crippen molar-refractivity contribution in [1.82, 2.24) is 9.47 Å². The zero-order valence-electron chi connectivity index (χ0n) is 17.5. The van der Waals surface area contributed by atoms with Gasteiger partial charge in [0.1, 0.15) is 11.5 Å². The van der Waals surface area contributed by atoms with Gasteiger partial charge in [-0.2, -0.15) is 13.2 Å². The van der Waals surface area contributed by atoms with Gasteiger partial charge in [-0.05, 0) is 54.4 Å². The number of hydrogen-bond donors (Lipinski definition) is 0. The minimum Gasteiger partial charge on any atom is -0.497 e. The van der Waals surface area contributed by atoms with Crippen LogP contribution in [-0.4, -0.2) is 30.2 Å². The average Bonchev–Trinajstić information content (AvgIpc) is 3.14. The molecule has 1 unspecified atom stereocenters. The Morgan fingerprint density at radius 2 is 1.74 bits per heavy atom. The van der Waals surface area contributed by atoms with Gasteiger partial charge >= 0.3 is 6.18 Å². The largest absolute Gasteiger partial charge is 0.497 e. The number of aryl methyl sites for hydroxylation is 1. The van der Waals surface area contributed by atoms with Crippen LogP contribution in [0.15, 0.2) is 60.8 Å². The van der Waals surface area contributed by atoms with Crippen LogP contribution in [0.4, 0.5) is 13.2 Å². The van der Waals surface area contributed by atoms with E-state index in [2.05, 4.69) is 9.47 Å². The van der Waals surface area contributed by atoms with Crippen LogP contribution >= 0.6 is 0 Å². The zero-order chi connectivity index (χ0) is 22.0. The van der Waals surface area contributed by atoms with Gasteiger partial charge in [-0.3, -0.25) is 4.90 Å². The van der Waals surface area contributed by atoms with E-state index >= 15 is 0 Å². The number of methoxy groups -OCH3 is 2. The summed E-state index contributed by atoms with van der Waals surface area (Å²) in [6.07, 6.45) is -1.39. The monoisotopic (exact) mass is 430 g/mol. The molecule has 1 atom stereocenters. The van der Waals surface area contributed by atoms with Gasteiger partial charge in [0.25, 0.3) is 0 Å². The second-order valence-electron chi connectivity index (χ2n) is 7.65. The van der Waals surface area contributed by atoms with E-state index < -0.39 is 11.7 Å². The Kier molecular flexibility index (Phi) is 5.96. The second-order valence-corrected chi connectivity index (χ2v) is 7.65. The van der Waals surface area contributed by atoms with Crippen LogP contribution in [0.3, 0.4) is 0 Å². The van der Waals surface area contributed by atoms with Crippen LogP contribution in [0.5, 0.6) is 11.5 Å². The molecule has 31 heavy (non-hydrogen) atoms. The highest BCUT2D eigenvalue weighted by atomic mass is 19.4. The third-order valence-corrected chi connectivity index (χ3v) is 5.77. The molecule has 1 aliphatic rings. The Labute approximate surface area is 179 Å². The summed E-state index contributed by atoms with van der Waals surface area (Å²) in [6.45, 7) is 2.25. The molecular weight excluding hydrogens is 405 g/mol. The number of alkyl halides is 3. The molecule has 2 aromatic carbocycles. The van der Waals surface area contributed by atoms with E-state index in [0.717, 1.165) is 60.0 Å². The van der Waals surface area contributed by atoms with Crippen molar-refractivity contribution in [1.29, 1.82) is 0 Å². The Balaban J connectivity index is 1.74. The molecule has 0 spiro atoms. The van der Waals surface area contributed by atoms with Crippen molar-refractivity contribution in [2.45, 2.75) is 31.7 Å². The minimum atomic E-state index is -4.35. The fraction of sp³-hybridized carbons (Fsp3) is 0.333. The first-order chi connectivity index (χ1) is 14.9. The lowest BCUT2D eigenvalue weighted by Gasteiger charge is -2.31. The molecule has 2 heterocycles. The third-order valence-electron chi connectivity index (χ3n) is 5.77. The molecule has 0 saturated heterocycles. The van der Waals surface area contributed by atoms with Crippen LogP contribution in [0.1, 0.15) is 34.8 Å². The van der Waals surface area contributed by atoms with Crippen LogP contribution in [-0.2, 0) is 19.3 Å². The first-order valence-corrected chi connectivity index (χ1v) is 10.2. The standard InChI is InChI=1S/C24H25F3N2O2/c1-30-20-10-11-22(31-2)18(15-20)16-29-14-4-13-28-12-3-5-21(28)23(29)17-6-8-19(9-7-17)24(25,26)27/h3,5-12,15,23H,4,13-14,16H2,1-2H3. The lowest BCUT2D eigenvalue weighted by atomic mass is 9.99. The van der Waals surface area contributed by atoms with Crippen molar-refractivity contribution in [3.63, 3.8) is 0 Å². The van der Waals surface area contributed by atoms with E-state index in [-0.39, 0.29) is 6.04 Å². The molecule has 0 amide bonds. The number of hydrogen-bond acceptors (Lipinski definition) is 3. The van der Waals surface area contributed by atoms with Crippen LogP contribution in [0, 0.1) is 0 Å².